The van der Waals surface area contributed by atoms with Gasteiger partial charge in [-0.3, -0.25) is 0 Å². The number of rotatable bonds is 9. The van der Waals surface area contributed by atoms with Crippen molar-refractivity contribution in [2.45, 2.75) is 18.6 Å². The Kier molecular flexibility index (Phi) is 7.66. The molecule has 0 atom stereocenters. The summed E-state index contributed by atoms with van der Waals surface area (Å²) in [5, 5.41) is 19.4. The Morgan fingerprint density at radius 2 is 1.75 bits per heavy atom. The van der Waals surface area contributed by atoms with Crippen LogP contribution in [0.2, 0.25) is 5.02 Å². The first-order valence-electron chi connectivity index (χ1n) is 9.54. The van der Waals surface area contributed by atoms with E-state index in [-0.39, 0.29) is 4.91 Å². The molecule has 168 valence electrons. The Morgan fingerprint density at radius 1 is 1.06 bits per heavy atom. The zero-order valence-corrected chi connectivity index (χ0v) is 19.5. The average molecular weight is 476 g/mol. The van der Waals surface area contributed by atoms with Crippen LogP contribution in [0.25, 0.3) is 17.5 Å². The number of aromatic nitrogens is 3. The maximum absolute atomic E-state index is 12.0. The predicted octanol–water partition coefficient (Wildman–Crippen LogP) is 4.86. The van der Waals surface area contributed by atoms with Gasteiger partial charge in [0.2, 0.25) is 5.75 Å². The van der Waals surface area contributed by atoms with E-state index < -0.39 is 5.97 Å². The lowest BCUT2D eigenvalue weighted by Gasteiger charge is -2.14. The van der Waals surface area contributed by atoms with Crippen LogP contribution in [0.5, 0.6) is 17.2 Å². The van der Waals surface area contributed by atoms with Crippen molar-refractivity contribution >= 4 is 35.4 Å². The molecule has 10 heteroatoms. The van der Waals surface area contributed by atoms with Gasteiger partial charge in [0.15, 0.2) is 22.5 Å². The molecule has 8 nitrogen and oxygen atoms in total. The predicted molar refractivity (Wildman–Crippen MR) is 124 cm³/mol. The number of hydrogen-bond donors (Lipinski definition) is 1. The van der Waals surface area contributed by atoms with Crippen molar-refractivity contribution in [1.82, 2.24) is 14.8 Å². The summed E-state index contributed by atoms with van der Waals surface area (Å²) in [7, 11) is 4.48. The highest BCUT2D eigenvalue weighted by Gasteiger charge is 2.21. The molecule has 1 heterocycles. The molecule has 0 fully saturated rings. The third kappa shape index (κ3) is 4.84. The average Bonchev–Trinajstić information content (AvgIpc) is 3.20. The van der Waals surface area contributed by atoms with Crippen molar-refractivity contribution in [3.8, 4) is 28.6 Å². The van der Waals surface area contributed by atoms with Crippen molar-refractivity contribution in [2.75, 3.05) is 21.3 Å². The summed E-state index contributed by atoms with van der Waals surface area (Å²) < 4.78 is 18.0. The summed E-state index contributed by atoms with van der Waals surface area (Å²) in [6, 6.07) is 10.6. The standard InChI is InChI=1S/C22H22ClN3O5S/c1-5-26-20(13-6-9-15(23)10-7-13)24-25-22(26)32-17(21(27)28)12-14-8-11-16(29-2)19(31-4)18(14)30-3/h6-12H,5H2,1-4H3,(H,27,28)/b17-12-. The Balaban J connectivity index is 2.02. The van der Waals surface area contributed by atoms with Gasteiger partial charge in [-0.2, -0.15) is 0 Å². The Hall–Kier alpha value is -3.17. The van der Waals surface area contributed by atoms with Gasteiger partial charge in [0.05, 0.1) is 21.3 Å². The van der Waals surface area contributed by atoms with E-state index in [2.05, 4.69) is 10.2 Å². The second-order valence-corrected chi connectivity index (χ2v) is 7.84. The number of aliphatic carboxylic acids is 1. The number of halogens is 1. The van der Waals surface area contributed by atoms with E-state index >= 15 is 0 Å². The van der Waals surface area contributed by atoms with Gasteiger partial charge in [0.25, 0.3) is 0 Å². The fourth-order valence-electron chi connectivity index (χ4n) is 3.07. The number of thioether (sulfide) groups is 1. The first kappa shape index (κ1) is 23.5. The van der Waals surface area contributed by atoms with E-state index in [1.165, 1.54) is 27.4 Å². The number of carbonyl (C=O) groups is 1. The second-order valence-electron chi connectivity index (χ2n) is 6.40. The molecule has 2 aromatic carbocycles. The van der Waals surface area contributed by atoms with Crippen molar-refractivity contribution < 1.29 is 24.1 Å². The van der Waals surface area contributed by atoms with Crippen molar-refractivity contribution in [3.05, 3.63) is 51.9 Å². The third-order valence-corrected chi connectivity index (χ3v) is 5.82. The van der Waals surface area contributed by atoms with Gasteiger partial charge in [-0.05, 0) is 61.2 Å². The van der Waals surface area contributed by atoms with E-state index in [4.69, 9.17) is 25.8 Å². The third-order valence-electron chi connectivity index (χ3n) is 4.57. The molecule has 3 rings (SSSR count). The second kappa shape index (κ2) is 10.4. The number of methoxy groups -OCH3 is 3. The van der Waals surface area contributed by atoms with Crippen LogP contribution < -0.4 is 14.2 Å². The SMILES string of the molecule is CCn1c(S/C(=C\c2ccc(OC)c(OC)c2OC)C(=O)O)nnc1-c1ccc(Cl)cc1. The lowest BCUT2D eigenvalue weighted by Crippen LogP contribution is -2.03. The maximum atomic E-state index is 12.0. The Bertz CT molecular complexity index is 1150. The summed E-state index contributed by atoms with van der Waals surface area (Å²) in [6.07, 6.45) is 1.50. The summed E-state index contributed by atoms with van der Waals surface area (Å²) >= 11 is 6.98. The summed E-state index contributed by atoms with van der Waals surface area (Å²) in [4.78, 5) is 12.1. The molecule has 0 aliphatic rings. The van der Waals surface area contributed by atoms with Crippen LogP contribution in [0.4, 0.5) is 0 Å². The normalized spacial score (nSPS) is 11.3. The van der Waals surface area contributed by atoms with Crippen LogP contribution >= 0.6 is 23.4 Å². The molecule has 0 aliphatic carbocycles. The number of ether oxygens (including phenoxy) is 3. The Labute approximate surface area is 194 Å². The van der Waals surface area contributed by atoms with Crippen LogP contribution in [-0.4, -0.2) is 47.2 Å². The van der Waals surface area contributed by atoms with E-state index in [1.807, 2.05) is 23.6 Å². The monoisotopic (exact) mass is 475 g/mol. The molecule has 1 aromatic heterocycles. The first-order valence-corrected chi connectivity index (χ1v) is 10.7. The first-order chi connectivity index (χ1) is 15.4. The molecule has 32 heavy (non-hydrogen) atoms. The highest BCUT2D eigenvalue weighted by Crippen LogP contribution is 2.41. The lowest BCUT2D eigenvalue weighted by molar-refractivity contribution is -0.131. The molecular formula is C22H22ClN3O5S. The van der Waals surface area contributed by atoms with E-state index in [0.29, 0.717) is 45.4 Å². The number of benzene rings is 2. The van der Waals surface area contributed by atoms with Crippen molar-refractivity contribution in [1.29, 1.82) is 0 Å². The molecule has 0 bridgehead atoms. The van der Waals surface area contributed by atoms with E-state index in [1.54, 1.807) is 24.3 Å². The molecular weight excluding hydrogens is 454 g/mol. The highest BCUT2D eigenvalue weighted by atomic mass is 35.5. The summed E-state index contributed by atoms with van der Waals surface area (Å²) in [5.74, 6) is 0.736. The molecule has 1 N–H and O–H groups in total. The van der Waals surface area contributed by atoms with Crippen LogP contribution in [0.3, 0.4) is 0 Å². The van der Waals surface area contributed by atoms with Crippen molar-refractivity contribution in [3.63, 3.8) is 0 Å². The molecule has 0 radical (unpaired) electrons. The van der Waals surface area contributed by atoms with Gasteiger partial charge in [0.1, 0.15) is 4.91 Å². The molecule has 0 saturated heterocycles. The number of hydrogen-bond acceptors (Lipinski definition) is 7. The molecule has 0 unspecified atom stereocenters. The topological polar surface area (TPSA) is 95.7 Å². The summed E-state index contributed by atoms with van der Waals surface area (Å²) in [5.41, 5.74) is 1.36. The van der Waals surface area contributed by atoms with Crippen LogP contribution in [-0.2, 0) is 11.3 Å². The molecule has 0 aliphatic heterocycles. The van der Waals surface area contributed by atoms with E-state index in [0.717, 1.165) is 17.3 Å². The molecule has 0 saturated carbocycles. The number of nitrogens with zero attached hydrogens (tertiary/aromatic N) is 3. The minimum atomic E-state index is -1.11. The number of carboxylic acids is 1. The van der Waals surface area contributed by atoms with E-state index in [9.17, 15) is 9.90 Å². The lowest BCUT2D eigenvalue weighted by atomic mass is 10.1. The maximum Gasteiger partial charge on any atom is 0.342 e. The van der Waals surface area contributed by atoms with Gasteiger partial charge in [-0.1, -0.05) is 11.6 Å². The molecule has 0 spiro atoms. The molecule has 3 aromatic rings. The smallest absolute Gasteiger partial charge is 0.342 e. The fourth-order valence-corrected chi connectivity index (χ4v) is 4.08. The van der Waals surface area contributed by atoms with Gasteiger partial charge in [0, 0.05) is 22.7 Å². The minimum absolute atomic E-state index is 0.0419. The van der Waals surface area contributed by atoms with Crippen LogP contribution in [0, 0.1) is 0 Å². The molecule has 0 amide bonds. The van der Waals surface area contributed by atoms with Gasteiger partial charge in [-0.15, -0.1) is 10.2 Å². The van der Waals surface area contributed by atoms with Gasteiger partial charge in [-0.25, -0.2) is 4.79 Å². The quantitative estimate of drug-likeness (QED) is 0.346. The van der Waals surface area contributed by atoms with Gasteiger partial charge < -0.3 is 23.9 Å². The number of carboxylic acid groups (broad SMARTS) is 1. The highest BCUT2D eigenvalue weighted by molar-refractivity contribution is 8.04. The zero-order chi connectivity index (χ0) is 23.3. The Morgan fingerprint density at radius 3 is 2.31 bits per heavy atom. The fraction of sp³-hybridized carbons (Fsp3) is 0.227. The largest absolute Gasteiger partial charge is 0.493 e. The summed E-state index contributed by atoms with van der Waals surface area (Å²) in [6.45, 7) is 2.49. The zero-order valence-electron chi connectivity index (χ0n) is 18.0. The minimum Gasteiger partial charge on any atom is -0.493 e. The van der Waals surface area contributed by atoms with Crippen molar-refractivity contribution in [2.24, 2.45) is 0 Å². The van der Waals surface area contributed by atoms with Crippen LogP contribution in [0.15, 0.2) is 46.5 Å². The van der Waals surface area contributed by atoms with Gasteiger partial charge >= 0.3 is 5.97 Å². The van der Waals surface area contributed by atoms with Crippen LogP contribution in [0.1, 0.15) is 12.5 Å².